The topological polar surface area (TPSA) is 36.9 Å². The maximum atomic E-state index is 13.9. The summed E-state index contributed by atoms with van der Waals surface area (Å²) in [6, 6.07) is 20.0. The Balaban J connectivity index is 1.46. The van der Waals surface area contributed by atoms with Crippen LogP contribution in [-0.2, 0) is 16.2 Å². The maximum absolute atomic E-state index is 13.9. The molecule has 0 spiro atoms. The van der Waals surface area contributed by atoms with Crippen LogP contribution in [0.15, 0.2) is 72.8 Å². The van der Waals surface area contributed by atoms with Gasteiger partial charge in [0.1, 0.15) is 11.5 Å². The molecular weight excluding hydrogens is 433 g/mol. The lowest BCUT2D eigenvalue weighted by Gasteiger charge is -2.30. The van der Waals surface area contributed by atoms with Gasteiger partial charge in [0.2, 0.25) is 6.79 Å². The Labute approximate surface area is 182 Å². The zero-order valence-corrected chi connectivity index (χ0v) is 17.0. The highest BCUT2D eigenvalue weighted by molar-refractivity contribution is 6.24. The zero-order valence-electron chi connectivity index (χ0n) is 16.2. The zero-order chi connectivity index (χ0) is 21.9. The first kappa shape index (κ1) is 21.3. The minimum Gasteiger partial charge on any atom is -0.457 e. The second-order valence-electron chi connectivity index (χ2n) is 6.92. The van der Waals surface area contributed by atoms with Gasteiger partial charge in [0, 0.05) is 0 Å². The monoisotopic (exact) mass is 450 g/mol. The smallest absolute Gasteiger partial charge is 0.413 e. The van der Waals surface area contributed by atoms with E-state index in [1.807, 2.05) is 18.2 Å². The third-order valence-electron chi connectivity index (χ3n) is 4.73. The number of hydrogen-bond acceptors (Lipinski definition) is 4. The average molecular weight is 451 g/mol. The molecule has 0 radical (unpaired) electrons. The molecular formula is C23H18ClF3O4. The fraction of sp³-hybridized carbons (Fsp3) is 0.217. The first-order chi connectivity index (χ1) is 14.8. The Kier molecular flexibility index (Phi) is 5.98. The molecule has 3 aromatic carbocycles. The lowest BCUT2D eigenvalue weighted by atomic mass is 9.97. The van der Waals surface area contributed by atoms with E-state index < -0.39 is 17.7 Å². The highest BCUT2D eigenvalue weighted by Gasteiger charge is 2.55. The van der Waals surface area contributed by atoms with Gasteiger partial charge in [-0.2, -0.15) is 13.2 Å². The van der Waals surface area contributed by atoms with E-state index in [4.69, 9.17) is 30.5 Å². The molecule has 0 saturated carbocycles. The molecule has 0 N–H and O–H groups in total. The highest BCUT2D eigenvalue weighted by Crippen LogP contribution is 2.47. The van der Waals surface area contributed by atoms with Gasteiger partial charge in [-0.1, -0.05) is 36.4 Å². The molecule has 162 valence electrons. The largest absolute Gasteiger partial charge is 0.457 e. The number of benzene rings is 3. The van der Waals surface area contributed by atoms with E-state index in [1.54, 1.807) is 36.4 Å². The Morgan fingerprint density at radius 3 is 2.35 bits per heavy atom. The molecule has 1 heterocycles. The van der Waals surface area contributed by atoms with Crippen molar-refractivity contribution >= 4 is 11.6 Å². The van der Waals surface area contributed by atoms with Crippen molar-refractivity contribution in [3.05, 3.63) is 83.9 Å². The summed E-state index contributed by atoms with van der Waals surface area (Å²) < 4.78 is 63.1. The normalized spacial score (nSPS) is 14.8. The molecule has 1 aliphatic heterocycles. The third kappa shape index (κ3) is 4.73. The van der Waals surface area contributed by atoms with E-state index in [0.29, 0.717) is 22.8 Å². The van der Waals surface area contributed by atoms with Gasteiger partial charge < -0.3 is 18.9 Å². The maximum Gasteiger partial charge on any atom is 0.413 e. The van der Waals surface area contributed by atoms with E-state index in [0.717, 1.165) is 0 Å². The number of alkyl halides is 4. The van der Waals surface area contributed by atoms with Crippen LogP contribution in [0.3, 0.4) is 0 Å². The van der Waals surface area contributed by atoms with E-state index in [9.17, 15) is 13.2 Å². The van der Waals surface area contributed by atoms with Crippen LogP contribution >= 0.6 is 11.6 Å². The predicted octanol–water partition coefficient (Wildman–Crippen LogP) is 6.42. The number of rotatable bonds is 7. The SMILES string of the molecule is FC(F)(F)C(Cl)(COCc1cccc(Oc2ccccc2)c1)c1ccc2c(c1)OCO2. The number of halogens is 4. The van der Waals surface area contributed by atoms with Gasteiger partial charge in [-0.3, -0.25) is 0 Å². The van der Waals surface area contributed by atoms with Crippen LogP contribution in [0, 0.1) is 0 Å². The highest BCUT2D eigenvalue weighted by atomic mass is 35.5. The summed E-state index contributed by atoms with van der Waals surface area (Å²) in [6.45, 7) is -0.888. The standard InChI is InChI=1S/C23H18ClF3O4/c24-22(23(25,26)27,17-9-10-20-21(12-17)30-15-29-20)14-28-13-16-5-4-8-19(11-16)31-18-6-2-1-3-7-18/h1-12H,13-15H2. The first-order valence-corrected chi connectivity index (χ1v) is 9.78. The van der Waals surface area contributed by atoms with Crippen LogP contribution in [0.2, 0.25) is 0 Å². The number of para-hydroxylation sites is 1. The quantitative estimate of drug-likeness (QED) is 0.389. The lowest BCUT2D eigenvalue weighted by molar-refractivity contribution is -0.179. The molecule has 1 atom stereocenters. The van der Waals surface area contributed by atoms with Gasteiger partial charge in [0.05, 0.1) is 13.2 Å². The van der Waals surface area contributed by atoms with Crippen molar-refractivity contribution in [2.75, 3.05) is 13.4 Å². The third-order valence-corrected chi connectivity index (χ3v) is 5.27. The van der Waals surface area contributed by atoms with Crippen LogP contribution in [0.1, 0.15) is 11.1 Å². The Bertz CT molecular complexity index is 1040. The first-order valence-electron chi connectivity index (χ1n) is 9.40. The molecule has 8 heteroatoms. The van der Waals surface area contributed by atoms with E-state index >= 15 is 0 Å². The van der Waals surface area contributed by atoms with Gasteiger partial charge in [-0.15, -0.1) is 11.6 Å². The molecule has 1 unspecified atom stereocenters. The predicted molar refractivity (Wildman–Crippen MR) is 109 cm³/mol. The Morgan fingerprint density at radius 2 is 1.58 bits per heavy atom. The molecule has 31 heavy (non-hydrogen) atoms. The summed E-state index contributed by atoms with van der Waals surface area (Å²) in [5.74, 6) is 1.80. The van der Waals surface area contributed by atoms with Crippen molar-refractivity contribution in [1.82, 2.24) is 0 Å². The summed E-state index contributed by atoms with van der Waals surface area (Å²) >= 11 is 6.08. The van der Waals surface area contributed by atoms with Gasteiger partial charge in [-0.25, -0.2) is 0 Å². The van der Waals surface area contributed by atoms with Crippen LogP contribution in [0.4, 0.5) is 13.2 Å². The van der Waals surface area contributed by atoms with Crippen molar-refractivity contribution < 1.29 is 32.1 Å². The number of ether oxygens (including phenoxy) is 4. The molecule has 3 aromatic rings. The van der Waals surface area contributed by atoms with Crippen LogP contribution in [0.25, 0.3) is 0 Å². The Hall–Kier alpha value is -2.90. The average Bonchev–Trinajstić information content (AvgIpc) is 3.22. The van der Waals surface area contributed by atoms with E-state index in [-0.39, 0.29) is 24.7 Å². The number of hydrogen-bond donors (Lipinski definition) is 0. The van der Waals surface area contributed by atoms with Crippen molar-refractivity contribution in [2.24, 2.45) is 0 Å². The minimum absolute atomic E-state index is 0.0437. The van der Waals surface area contributed by atoms with Crippen molar-refractivity contribution in [3.63, 3.8) is 0 Å². The molecule has 4 rings (SSSR count). The fourth-order valence-corrected chi connectivity index (χ4v) is 3.30. The van der Waals surface area contributed by atoms with Crippen LogP contribution < -0.4 is 14.2 Å². The molecule has 0 saturated heterocycles. The van der Waals surface area contributed by atoms with Crippen molar-refractivity contribution in [1.29, 1.82) is 0 Å². The molecule has 0 aliphatic carbocycles. The minimum atomic E-state index is -4.75. The van der Waals surface area contributed by atoms with Crippen molar-refractivity contribution in [2.45, 2.75) is 17.7 Å². The second-order valence-corrected chi connectivity index (χ2v) is 7.57. The van der Waals surface area contributed by atoms with Crippen LogP contribution in [0.5, 0.6) is 23.0 Å². The van der Waals surface area contributed by atoms with Gasteiger partial charge >= 0.3 is 6.18 Å². The Morgan fingerprint density at radius 1 is 0.839 bits per heavy atom. The van der Waals surface area contributed by atoms with Crippen LogP contribution in [-0.4, -0.2) is 19.6 Å². The molecule has 0 aromatic heterocycles. The summed E-state index contributed by atoms with van der Waals surface area (Å²) in [6.07, 6.45) is -4.75. The molecule has 0 amide bonds. The fourth-order valence-electron chi connectivity index (χ4n) is 3.10. The second kappa shape index (κ2) is 8.69. The van der Waals surface area contributed by atoms with E-state index in [1.165, 1.54) is 18.2 Å². The molecule has 0 bridgehead atoms. The van der Waals surface area contributed by atoms with Gasteiger partial charge in [-0.05, 0) is 47.5 Å². The molecule has 4 nitrogen and oxygen atoms in total. The van der Waals surface area contributed by atoms with Gasteiger partial charge in [0.15, 0.2) is 16.4 Å². The van der Waals surface area contributed by atoms with Crippen molar-refractivity contribution in [3.8, 4) is 23.0 Å². The summed E-state index contributed by atoms with van der Waals surface area (Å²) in [5, 5.41) is 0. The number of fused-ring (bicyclic) bond motifs is 1. The van der Waals surface area contributed by atoms with Gasteiger partial charge in [0.25, 0.3) is 0 Å². The van der Waals surface area contributed by atoms with E-state index in [2.05, 4.69) is 0 Å². The summed E-state index contributed by atoms with van der Waals surface area (Å²) in [7, 11) is 0. The molecule has 1 aliphatic rings. The summed E-state index contributed by atoms with van der Waals surface area (Å²) in [4.78, 5) is -2.73. The molecule has 0 fully saturated rings. The summed E-state index contributed by atoms with van der Waals surface area (Å²) in [5.41, 5.74) is 0.479. The lowest BCUT2D eigenvalue weighted by Crippen LogP contribution is -2.41.